The van der Waals surface area contributed by atoms with Crippen molar-refractivity contribution in [3.8, 4) is 0 Å². The predicted octanol–water partition coefficient (Wildman–Crippen LogP) is 4.00. The van der Waals surface area contributed by atoms with E-state index in [0.717, 1.165) is 57.8 Å². The van der Waals surface area contributed by atoms with E-state index in [1.807, 2.05) is 0 Å². The Kier molecular flexibility index (Phi) is 26.4. The number of rotatable bonds is 27. The van der Waals surface area contributed by atoms with Crippen LogP contribution < -0.4 is 16.0 Å². The highest BCUT2D eigenvalue weighted by molar-refractivity contribution is 5.69. The van der Waals surface area contributed by atoms with Gasteiger partial charge in [-0.2, -0.15) is 0 Å². The lowest BCUT2D eigenvalue weighted by molar-refractivity contribution is -0.0720. The third-order valence-corrected chi connectivity index (χ3v) is 6.48. The van der Waals surface area contributed by atoms with Crippen LogP contribution in [0, 0.1) is 0 Å². The van der Waals surface area contributed by atoms with Crippen LogP contribution in [0.1, 0.15) is 90.4 Å². The molecule has 15 nitrogen and oxygen atoms in total. The molecule has 0 unspecified atom stereocenters. The van der Waals surface area contributed by atoms with Gasteiger partial charge in [-0.15, -0.1) is 0 Å². The molecular formula is C29H48N6O9. The van der Waals surface area contributed by atoms with Crippen LogP contribution in [0.2, 0.25) is 0 Å². The average molecular weight is 625 g/mol. The molecule has 248 valence electrons. The van der Waals surface area contributed by atoms with Crippen LogP contribution in [0.3, 0.4) is 0 Å². The topological polar surface area (TPSA) is 203 Å². The molecule has 0 fully saturated rings. The number of hydrogen-bond donors (Lipinski definition) is 3. The summed E-state index contributed by atoms with van der Waals surface area (Å²) in [7, 11) is 0. The van der Waals surface area contributed by atoms with E-state index in [1.165, 1.54) is 18.2 Å². The third kappa shape index (κ3) is 24.5. The first kappa shape index (κ1) is 40.0. The molecule has 0 aliphatic rings. The average Bonchev–Trinajstić information content (AvgIpc) is 3.02. The minimum absolute atomic E-state index is 0.199. The van der Waals surface area contributed by atoms with Gasteiger partial charge in [-0.25, -0.2) is 43.7 Å². The Bertz CT molecular complexity index is 898. The van der Waals surface area contributed by atoms with Gasteiger partial charge in [0.1, 0.15) is 13.2 Å². The number of unbranched alkanes of at least 4 members (excludes halogenated alkanes) is 9. The van der Waals surface area contributed by atoms with Crippen molar-refractivity contribution in [1.29, 1.82) is 0 Å². The van der Waals surface area contributed by atoms with Gasteiger partial charge in [-0.05, 0) is 44.9 Å². The minimum Gasteiger partial charge on any atom is -0.445 e. The van der Waals surface area contributed by atoms with E-state index in [-0.39, 0.29) is 19.6 Å². The molecule has 0 aromatic heterocycles. The highest BCUT2D eigenvalue weighted by Crippen LogP contribution is 2.19. The lowest BCUT2D eigenvalue weighted by Gasteiger charge is -2.31. The van der Waals surface area contributed by atoms with Crippen LogP contribution in [0.15, 0.2) is 15.0 Å². The van der Waals surface area contributed by atoms with Gasteiger partial charge < -0.3 is 30.2 Å². The molecule has 0 bridgehead atoms. The zero-order valence-corrected chi connectivity index (χ0v) is 25.9. The standard InChI is InChI=1S/C29H48N6O9/c1-2-29(44-28(41)35-20-14-8-5-11-17-32-25-38,21-42-26(39)33-18-12-6-3-9-15-30-23-36)22-43-27(40)34-19-13-7-4-10-16-31-24-37/h2-22H2,1H3,(H,33,39)(H,34,40)(H,35,41). The Morgan fingerprint density at radius 3 is 1.23 bits per heavy atom. The number of carbonyl (C=O) groups is 3. The number of ether oxygens (including phenoxy) is 3. The summed E-state index contributed by atoms with van der Waals surface area (Å²) in [6.45, 7) is 3.45. The van der Waals surface area contributed by atoms with Gasteiger partial charge in [0, 0.05) is 19.6 Å². The lowest BCUT2D eigenvalue weighted by atomic mass is 10.0. The third-order valence-electron chi connectivity index (χ3n) is 6.48. The van der Waals surface area contributed by atoms with Gasteiger partial charge in [-0.3, -0.25) is 0 Å². The molecule has 0 radical (unpaired) electrons. The highest BCUT2D eigenvalue weighted by Gasteiger charge is 2.36. The molecular weight excluding hydrogens is 576 g/mol. The maximum atomic E-state index is 12.6. The zero-order chi connectivity index (χ0) is 32.6. The second-order valence-corrected chi connectivity index (χ2v) is 10.0. The largest absolute Gasteiger partial charge is 0.445 e. The van der Waals surface area contributed by atoms with Crippen LogP contribution in [-0.4, -0.2) is 94.6 Å². The normalized spacial score (nSPS) is 11.4. The first-order valence-corrected chi connectivity index (χ1v) is 15.3. The van der Waals surface area contributed by atoms with Crippen molar-refractivity contribution >= 4 is 36.5 Å². The fourth-order valence-electron chi connectivity index (χ4n) is 3.82. The summed E-state index contributed by atoms with van der Waals surface area (Å²) in [5.74, 6) is 0. The van der Waals surface area contributed by atoms with Gasteiger partial charge in [0.05, 0.1) is 19.6 Å². The van der Waals surface area contributed by atoms with Crippen LogP contribution in [-0.2, 0) is 28.6 Å². The van der Waals surface area contributed by atoms with Crippen molar-refractivity contribution in [2.45, 2.75) is 96.0 Å². The van der Waals surface area contributed by atoms with Crippen LogP contribution in [0.5, 0.6) is 0 Å². The molecule has 0 aromatic rings. The fraction of sp³-hybridized carbons (Fsp3) is 0.793. The van der Waals surface area contributed by atoms with Crippen molar-refractivity contribution in [3.05, 3.63) is 0 Å². The van der Waals surface area contributed by atoms with Gasteiger partial charge in [0.2, 0.25) is 18.2 Å². The molecule has 15 heteroatoms. The Hall–Kier alpha value is -4.05. The summed E-state index contributed by atoms with van der Waals surface area (Å²) in [5, 5.41) is 7.96. The zero-order valence-electron chi connectivity index (χ0n) is 25.9. The monoisotopic (exact) mass is 624 g/mol. The number of aliphatic imine (C=N–C) groups is 3. The number of carbonyl (C=O) groups excluding carboxylic acids is 6. The Balaban J connectivity index is 4.77. The van der Waals surface area contributed by atoms with Gasteiger partial charge in [0.25, 0.3) is 0 Å². The molecule has 0 saturated heterocycles. The highest BCUT2D eigenvalue weighted by atomic mass is 16.6. The Morgan fingerprint density at radius 1 is 0.545 bits per heavy atom. The summed E-state index contributed by atoms with van der Waals surface area (Å²) in [5.41, 5.74) is -1.41. The van der Waals surface area contributed by atoms with E-state index in [0.29, 0.717) is 58.5 Å². The molecule has 44 heavy (non-hydrogen) atoms. The quantitative estimate of drug-likeness (QED) is 0.0522. The Labute approximate surface area is 259 Å². The van der Waals surface area contributed by atoms with Gasteiger partial charge >= 0.3 is 18.3 Å². The number of nitrogens with zero attached hydrogens (tertiary/aromatic N) is 3. The molecule has 3 N–H and O–H groups in total. The first-order chi connectivity index (χ1) is 21.4. The van der Waals surface area contributed by atoms with Crippen molar-refractivity contribution in [2.24, 2.45) is 15.0 Å². The lowest BCUT2D eigenvalue weighted by Crippen LogP contribution is -2.48. The molecule has 0 spiro atoms. The van der Waals surface area contributed by atoms with Gasteiger partial charge in [-0.1, -0.05) is 45.4 Å². The Morgan fingerprint density at radius 2 is 0.886 bits per heavy atom. The number of isocyanates is 3. The van der Waals surface area contributed by atoms with E-state index < -0.39 is 23.9 Å². The summed E-state index contributed by atoms with van der Waals surface area (Å²) >= 11 is 0. The van der Waals surface area contributed by atoms with E-state index >= 15 is 0 Å². The van der Waals surface area contributed by atoms with E-state index in [4.69, 9.17) is 14.2 Å². The number of amides is 3. The summed E-state index contributed by atoms with van der Waals surface area (Å²) in [6, 6.07) is 0. The van der Waals surface area contributed by atoms with E-state index in [2.05, 4.69) is 30.9 Å². The first-order valence-electron chi connectivity index (χ1n) is 15.3. The molecule has 3 amide bonds. The number of hydrogen-bond acceptors (Lipinski definition) is 12. The second-order valence-electron chi connectivity index (χ2n) is 10.0. The summed E-state index contributed by atoms with van der Waals surface area (Å²) in [6.07, 6.45) is 12.0. The van der Waals surface area contributed by atoms with Crippen molar-refractivity contribution in [2.75, 3.05) is 52.5 Å². The summed E-state index contributed by atoms with van der Waals surface area (Å²) < 4.78 is 16.3. The van der Waals surface area contributed by atoms with Crippen LogP contribution in [0.25, 0.3) is 0 Å². The molecule has 0 atom stereocenters. The number of nitrogens with one attached hydrogen (secondary N) is 3. The van der Waals surface area contributed by atoms with Crippen molar-refractivity contribution in [3.63, 3.8) is 0 Å². The molecule has 0 aliphatic heterocycles. The molecule has 0 heterocycles. The van der Waals surface area contributed by atoms with Crippen molar-refractivity contribution in [1.82, 2.24) is 16.0 Å². The molecule has 0 saturated carbocycles. The maximum Gasteiger partial charge on any atom is 0.407 e. The smallest absolute Gasteiger partial charge is 0.407 e. The fourth-order valence-corrected chi connectivity index (χ4v) is 3.82. The van der Waals surface area contributed by atoms with Crippen LogP contribution in [0.4, 0.5) is 14.4 Å². The SMILES string of the molecule is CCC(COC(=O)NCCCCCCN=C=O)(COC(=O)NCCCCCCN=C=O)OC(=O)NCCCCCCN=C=O. The van der Waals surface area contributed by atoms with Crippen LogP contribution >= 0.6 is 0 Å². The molecule has 0 rings (SSSR count). The molecule has 0 aromatic carbocycles. The minimum atomic E-state index is -1.41. The predicted molar refractivity (Wildman–Crippen MR) is 161 cm³/mol. The summed E-state index contributed by atoms with van der Waals surface area (Å²) in [4.78, 5) is 77.9. The maximum absolute atomic E-state index is 12.6. The molecule has 0 aliphatic carbocycles. The van der Waals surface area contributed by atoms with E-state index in [9.17, 15) is 28.8 Å². The van der Waals surface area contributed by atoms with Gasteiger partial charge in [0.15, 0.2) is 5.60 Å². The number of alkyl carbamates (subject to hydrolysis) is 3. The van der Waals surface area contributed by atoms with Crippen molar-refractivity contribution < 1.29 is 43.0 Å². The van der Waals surface area contributed by atoms with E-state index in [1.54, 1.807) is 6.92 Å². The second kappa shape index (κ2) is 29.0.